The van der Waals surface area contributed by atoms with Crippen molar-refractivity contribution in [2.45, 2.75) is 39.7 Å². The van der Waals surface area contributed by atoms with Gasteiger partial charge in [0.2, 0.25) is 0 Å². The molecule has 4 nitrogen and oxygen atoms in total. The summed E-state index contributed by atoms with van der Waals surface area (Å²) < 4.78 is 25.4. The van der Waals surface area contributed by atoms with Gasteiger partial charge in [-0.05, 0) is 18.4 Å². The molecule has 0 aromatic heterocycles. The standard InChI is InChI=1S/C10H22F2N4/c1-10(2,3)7(8(11)12)15-5-4-6-16-9(13)14/h7-8,15H,4-6H2,1-3H3,(H4,13,14,16). The number of hydrogen-bond acceptors (Lipinski definition) is 2. The molecule has 0 aromatic carbocycles. The third-order valence-electron chi connectivity index (χ3n) is 2.22. The van der Waals surface area contributed by atoms with Crippen LogP contribution in [0, 0.1) is 10.8 Å². The van der Waals surface area contributed by atoms with Crippen molar-refractivity contribution in [2.24, 2.45) is 11.1 Å². The monoisotopic (exact) mass is 236 g/mol. The molecular weight excluding hydrogens is 214 g/mol. The average Bonchev–Trinajstić information content (AvgIpc) is 2.07. The molecule has 0 saturated carbocycles. The summed E-state index contributed by atoms with van der Waals surface area (Å²) in [6.07, 6.45) is -1.72. The van der Waals surface area contributed by atoms with Crippen LogP contribution in [0.3, 0.4) is 0 Å². The van der Waals surface area contributed by atoms with E-state index < -0.39 is 17.9 Å². The molecule has 96 valence electrons. The molecule has 0 fully saturated rings. The van der Waals surface area contributed by atoms with Crippen LogP contribution in [0.5, 0.6) is 0 Å². The largest absolute Gasteiger partial charge is 0.370 e. The van der Waals surface area contributed by atoms with Crippen molar-refractivity contribution in [3.63, 3.8) is 0 Å². The van der Waals surface area contributed by atoms with Gasteiger partial charge in [-0.2, -0.15) is 0 Å². The Morgan fingerprint density at radius 1 is 1.31 bits per heavy atom. The van der Waals surface area contributed by atoms with E-state index in [4.69, 9.17) is 11.1 Å². The van der Waals surface area contributed by atoms with Gasteiger partial charge in [-0.3, -0.25) is 5.41 Å². The maximum Gasteiger partial charge on any atom is 0.254 e. The zero-order chi connectivity index (χ0) is 12.8. The lowest BCUT2D eigenvalue weighted by atomic mass is 9.87. The van der Waals surface area contributed by atoms with E-state index in [1.54, 1.807) is 20.8 Å². The van der Waals surface area contributed by atoms with E-state index in [1.165, 1.54) is 0 Å². The average molecular weight is 236 g/mol. The summed E-state index contributed by atoms with van der Waals surface area (Å²) in [4.78, 5) is 0. The second-order valence-electron chi connectivity index (χ2n) is 4.83. The first-order valence-electron chi connectivity index (χ1n) is 5.34. The quantitative estimate of drug-likeness (QED) is 0.317. The predicted octanol–water partition coefficient (Wildman–Crippen LogP) is 1.13. The summed E-state index contributed by atoms with van der Waals surface area (Å²) in [5, 5.41) is 12.4. The first-order valence-corrected chi connectivity index (χ1v) is 5.34. The first kappa shape index (κ1) is 15.1. The predicted molar refractivity (Wildman–Crippen MR) is 61.8 cm³/mol. The Hall–Kier alpha value is -0.910. The van der Waals surface area contributed by atoms with Gasteiger partial charge < -0.3 is 16.4 Å². The Morgan fingerprint density at radius 3 is 2.25 bits per heavy atom. The second kappa shape index (κ2) is 6.62. The number of nitrogens with two attached hydrogens (primary N) is 1. The van der Waals surface area contributed by atoms with E-state index in [-0.39, 0.29) is 5.96 Å². The molecule has 0 bridgehead atoms. The third kappa shape index (κ3) is 6.55. The van der Waals surface area contributed by atoms with Crippen molar-refractivity contribution in [2.75, 3.05) is 13.1 Å². The van der Waals surface area contributed by atoms with Gasteiger partial charge in [0.1, 0.15) is 0 Å². The van der Waals surface area contributed by atoms with Crippen LogP contribution in [-0.4, -0.2) is 31.5 Å². The Kier molecular flexibility index (Phi) is 6.25. The molecule has 0 radical (unpaired) electrons. The van der Waals surface area contributed by atoms with E-state index in [2.05, 4.69) is 10.6 Å². The lowest BCUT2D eigenvalue weighted by Gasteiger charge is -2.30. The Morgan fingerprint density at radius 2 is 1.88 bits per heavy atom. The van der Waals surface area contributed by atoms with Crippen LogP contribution < -0.4 is 16.4 Å². The molecule has 16 heavy (non-hydrogen) atoms. The second-order valence-corrected chi connectivity index (χ2v) is 4.83. The lowest BCUT2D eigenvalue weighted by molar-refractivity contribution is 0.0449. The lowest BCUT2D eigenvalue weighted by Crippen LogP contribution is -2.46. The van der Waals surface area contributed by atoms with Crippen LogP contribution in [0.2, 0.25) is 0 Å². The summed E-state index contributed by atoms with van der Waals surface area (Å²) in [5.74, 6) is -0.0961. The Labute approximate surface area is 95.5 Å². The molecule has 0 spiro atoms. The van der Waals surface area contributed by atoms with Gasteiger partial charge in [0.25, 0.3) is 6.43 Å². The van der Waals surface area contributed by atoms with Crippen molar-refractivity contribution >= 4 is 5.96 Å². The number of halogens is 2. The van der Waals surface area contributed by atoms with Crippen LogP contribution >= 0.6 is 0 Å². The fraction of sp³-hybridized carbons (Fsp3) is 0.900. The van der Waals surface area contributed by atoms with E-state index >= 15 is 0 Å². The molecule has 0 aliphatic heterocycles. The number of alkyl halides is 2. The summed E-state index contributed by atoms with van der Waals surface area (Å²) in [6.45, 7) is 6.34. The SMILES string of the molecule is CC(C)(C)C(NCCCNC(=N)N)C(F)F. The minimum absolute atomic E-state index is 0.0961. The van der Waals surface area contributed by atoms with Crippen LogP contribution in [-0.2, 0) is 0 Å². The minimum atomic E-state index is -2.37. The highest BCUT2D eigenvalue weighted by molar-refractivity contribution is 5.74. The fourth-order valence-electron chi connectivity index (χ4n) is 1.34. The summed E-state index contributed by atoms with van der Waals surface area (Å²) in [7, 11) is 0. The number of guanidine groups is 1. The summed E-state index contributed by atoms with van der Waals surface area (Å²) in [5.41, 5.74) is 4.61. The maximum atomic E-state index is 12.7. The van der Waals surface area contributed by atoms with E-state index in [9.17, 15) is 8.78 Å². The molecule has 0 amide bonds. The molecule has 1 atom stereocenters. The van der Waals surface area contributed by atoms with E-state index in [1.807, 2.05) is 0 Å². The highest BCUT2D eigenvalue weighted by atomic mass is 19.3. The molecule has 0 heterocycles. The molecule has 0 aliphatic rings. The van der Waals surface area contributed by atoms with Gasteiger partial charge in [-0.1, -0.05) is 20.8 Å². The van der Waals surface area contributed by atoms with Gasteiger partial charge in [0.15, 0.2) is 5.96 Å². The van der Waals surface area contributed by atoms with Gasteiger partial charge >= 0.3 is 0 Å². The molecular formula is C10H22F2N4. The zero-order valence-corrected chi connectivity index (χ0v) is 10.1. The van der Waals surface area contributed by atoms with E-state index in [0.717, 1.165) is 0 Å². The normalized spacial score (nSPS) is 13.9. The highest BCUT2D eigenvalue weighted by Crippen LogP contribution is 2.24. The molecule has 0 saturated heterocycles. The molecule has 6 heteroatoms. The fourth-order valence-corrected chi connectivity index (χ4v) is 1.34. The van der Waals surface area contributed by atoms with Crippen molar-refractivity contribution in [3.8, 4) is 0 Å². The molecule has 0 aromatic rings. The van der Waals surface area contributed by atoms with Crippen molar-refractivity contribution < 1.29 is 8.78 Å². The van der Waals surface area contributed by atoms with Gasteiger partial charge in [-0.15, -0.1) is 0 Å². The third-order valence-corrected chi connectivity index (χ3v) is 2.22. The van der Waals surface area contributed by atoms with Gasteiger partial charge in [0, 0.05) is 6.54 Å². The van der Waals surface area contributed by atoms with E-state index in [0.29, 0.717) is 19.5 Å². The smallest absolute Gasteiger partial charge is 0.254 e. The Balaban J connectivity index is 3.83. The van der Waals surface area contributed by atoms with Gasteiger partial charge in [0.05, 0.1) is 6.04 Å². The van der Waals surface area contributed by atoms with Crippen LogP contribution in [0.25, 0.3) is 0 Å². The van der Waals surface area contributed by atoms with Crippen molar-refractivity contribution in [1.29, 1.82) is 5.41 Å². The van der Waals surface area contributed by atoms with Crippen molar-refractivity contribution in [1.82, 2.24) is 10.6 Å². The Bertz CT molecular complexity index is 213. The molecule has 1 unspecified atom stereocenters. The first-order chi connectivity index (χ1) is 7.25. The highest BCUT2D eigenvalue weighted by Gasteiger charge is 2.31. The van der Waals surface area contributed by atoms with Crippen molar-refractivity contribution in [3.05, 3.63) is 0 Å². The molecule has 5 N–H and O–H groups in total. The van der Waals surface area contributed by atoms with Crippen LogP contribution in [0.1, 0.15) is 27.2 Å². The zero-order valence-electron chi connectivity index (χ0n) is 10.1. The number of hydrogen-bond donors (Lipinski definition) is 4. The van der Waals surface area contributed by atoms with Gasteiger partial charge in [-0.25, -0.2) is 8.78 Å². The van der Waals surface area contributed by atoms with Crippen LogP contribution in [0.4, 0.5) is 8.78 Å². The summed E-state index contributed by atoms with van der Waals surface area (Å²) in [6, 6.07) is -0.815. The topological polar surface area (TPSA) is 73.9 Å². The number of rotatable bonds is 6. The minimum Gasteiger partial charge on any atom is -0.370 e. The molecule has 0 rings (SSSR count). The van der Waals surface area contributed by atoms with Crippen LogP contribution in [0.15, 0.2) is 0 Å². The summed E-state index contributed by atoms with van der Waals surface area (Å²) >= 11 is 0. The maximum absolute atomic E-state index is 12.7. The number of nitrogens with one attached hydrogen (secondary N) is 3. The molecule has 0 aliphatic carbocycles.